The zero-order valence-electron chi connectivity index (χ0n) is 13.2. The van der Waals surface area contributed by atoms with Crippen molar-refractivity contribution in [2.75, 3.05) is 13.1 Å². The van der Waals surface area contributed by atoms with Crippen LogP contribution in [-0.2, 0) is 16.6 Å². The maximum Gasteiger partial charge on any atom is 0.243 e. The van der Waals surface area contributed by atoms with E-state index in [4.69, 9.17) is 0 Å². The zero-order chi connectivity index (χ0) is 15.5. The monoisotopic (exact) mass is 310 g/mol. The number of nitrogens with one attached hydrogen (secondary N) is 1. The average Bonchev–Trinajstić information content (AvgIpc) is 2.46. The highest BCUT2D eigenvalue weighted by Gasteiger charge is 2.31. The first-order valence-corrected chi connectivity index (χ1v) is 9.23. The molecule has 1 aromatic rings. The van der Waals surface area contributed by atoms with Crippen LogP contribution in [0.4, 0.5) is 0 Å². The molecule has 0 amide bonds. The van der Waals surface area contributed by atoms with E-state index in [9.17, 15) is 8.42 Å². The molecule has 21 heavy (non-hydrogen) atoms. The fourth-order valence-electron chi connectivity index (χ4n) is 2.82. The fourth-order valence-corrected chi connectivity index (χ4v) is 4.57. The molecule has 0 spiro atoms. The van der Waals surface area contributed by atoms with Gasteiger partial charge in [-0.3, -0.25) is 0 Å². The first-order valence-electron chi connectivity index (χ1n) is 7.79. The van der Waals surface area contributed by atoms with Crippen LogP contribution < -0.4 is 5.32 Å². The third-order valence-corrected chi connectivity index (χ3v) is 6.24. The van der Waals surface area contributed by atoms with Gasteiger partial charge in [0.2, 0.25) is 10.0 Å². The molecule has 1 N–H and O–H groups in total. The average molecular weight is 310 g/mol. The summed E-state index contributed by atoms with van der Waals surface area (Å²) in [6.07, 6.45) is 3.03. The largest absolute Gasteiger partial charge is 0.313 e. The van der Waals surface area contributed by atoms with Crippen LogP contribution >= 0.6 is 0 Å². The first-order chi connectivity index (χ1) is 9.96. The van der Waals surface area contributed by atoms with E-state index in [1.807, 2.05) is 32.9 Å². The van der Waals surface area contributed by atoms with Crippen molar-refractivity contribution in [1.82, 2.24) is 9.62 Å². The summed E-state index contributed by atoms with van der Waals surface area (Å²) in [4.78, 5) is 0.426. The lowest BCUT2D eigenvalue weighted by Gasteiger charge is -2.32. The van der Waals surface area contributed by atoms with Gasteiger partial charge in [-0.15, -0.1) is 0 Å². The van der Waals surface area contributed by atoms with Crippen molar-refractivity contribution in [2.24, 2.45) is 0 Å². The van der Waals surface area contributed by atoms with Crippen LogP contribution in [0.1, 0.15) is 44.2 Å². The van der Waals surface area contributed by atoms with Crippen LogP contribution in [-0.4, -0.2) is 31.9 Å². The zero-order valence-corrected chi connectivity index (χ0v) is 14.0. The molecule has 2 rings (SSSR count). The highest BCUT2D eigenvalue weighted by atomic mass is 32.2. The van der Waals surface area contributed by atoms with Gasteiger partial charge in [-0.25, -0.2) is 8.42 Å². The molecule has 0 bridgehead atoms. The van der Waals surface area contributed by atoms with Crippen LogP contribution in [0.2, 0.25) is 0 Å². The lowest BCUT2D eigenvalue weighted by molar-refractivity contribution is 0.268. The summed E-state index contributed by atoms with van der Waals surface area (Å²) < 4.78 is 27.3. The van der Waals surface area contributed by atoms with Gasteiger partial charge in [0.25, 0.3) is 0 Å². The normalized spacial score (nSPS) is 20.6. The van der Waals surface area contributed by atoms with E-state index in [0.717, 1.165) is 36.9 Å². The molecular formula is C16H26N2O2S. The van der Waals surface area contributed by atoms with Crippen LogP contribution in [0, 0.1) is 6.92 Å². The molecule has 1 aliphatic rings. The van der Waals surface area contributed by atoms with Gasteiger partial charge in [-0.05, 0) is 56.5 Å². The summed E-state index contributed by atoms with van der Waals surface area (Å²) in [7, 11) is -3.37. The number of sulfonamides is 1. The standard InChI is InChI=1S/C16H26N2O2S/c1-4-17-12-15-11-16(9-8-13(15)2)21(19,20)18-10-6-5-7-14(18)3/h8-9,11,14,17H,4-7,10,12H2,1-3H3. The van der Waals surface area contributed by atoms with Gasteiger partial charge in [0, 0.05) is 19.1 Å². The number of aryl methyl sites for hydroxylation is 1. The number of hydrogen-bond acceptors (Lipinski definition) is 3. The molecule has 0 saturated carbocycles. The summed E-state index contributed by atoms with van der Waals surface area (Å²) in [5.41, 5.74) is 2.18. The lowest BCUT2D eigenvalue weighted by atomic mass is 10.1. The predicted octanol–water partition coefficient (Wildman–Crippen LogP) is 2.67. The number of rotatable bonds is 5. The summed E-state index contributed by atoms with van der Waals surface area (Å²) in [6.45, 7) is 8.29. The number of benzene rings is 1. The molecule has 1 aliphatic heterocycles. The van der Waals surface area contributed by atoms with E-state index in [2.05, 4.69) is 5.32 Å². The van der Waals surface area contributed by atoms with E-state index in [1.165, 1.54) is 0 Å². The molecule has 1 fully saturated rings. The Bertz CT molecular complexity index is 584. The molecule has 118 valence electrons. The molecule has 5 heteroatoms. The van der Waals surface area contributed by atoms with E-state index in [-0.39, 0.29) is 6.04 Å². The van der Waals surface area contributed by atoms with Gasteiger partial charge in [-0.1, -0.05) is 19.4 Å². The first kappa shape index (κ1) is 16.5. The van der Waals surface area contributed by atoms with Gasteiger partial charge in [0.05, 0.1) is 4.90 Å². The maximum absolute atomic E-state index is 12.8. The highest BCUT2D eigenvalue weighted by molar-refractivity contribution is 7.89. The second-order valence-electron chi connectivity index (χ2n) is 5.83. The molecular weight excluding hydrogens is 284 g/mol. The molecule has 1 saturated heterocycles. The van der Waals surface area contributed by atoms with Crippen LogP contribution in [0.25, 0.3) is 0 Å². The van der Waals surface area contributed by atoms with Gasteiger partial charge < -0.3 is 5.32 Å². The van der Waals surface area contributed by atoms with Crippen molar-refractivity contribution in [3.63, 3.8) is 0 Å². The molecule has 0 radical (unpaired) electrons. The number of piperidine rings is 1. The van der Waals surface area contributed by atoms with Gasteiger partial charge in [-0.2, -0.15) is 4.31 Å². The molecule has 1 atom stereocenters. The second-order valence-corrected chi connectivity index (χ2v) is 7.72. The molecule has 0 aliphatic carbocycles. The Balaban J connectivity index is 2.31. The molecule has 0 aromatic heterocycles. The third kappa shape index (κ3) is 3.65. The Morgan fingerprint density at radius 1 is 1.33 bits per heavy atom. The third-order valence-electron chi connectivity index (χ3n) is 4.23. The van der Waals surface area contributed by atoms with Crippen molar-refractivity contribution in [1.29, 1.82) is 0 Å². The van der Waals surface area contributed by atoms with Crippen molar-refractivity contribution in [2.45, 2.75) is 57.5 Å². The van der Waals surface area contributed by atoms with Crippen molar-refractivity contribution in [3.8, 4) is 0 Å². The Morgan fingerprint density at radius 2 is 2.10 bits per heavy atom. The van der Waals surface area contributed by atoms with Gasteiger partial charge in [0.1, 0.15) is 0 Å². The smallest absolute Gasteiger partial charge is 0.243 e. The summed E-state index contributed by atoms with van der Waals surface area (Å²) in [5, 5.41) is 3.26. The summed E-state index contributed by atoms with van der Waals surface area (Å²) in [5.74, 6) is 0. The van der Waals surface area contributed by atoms with Gasteiger partial charge >= 0.3 is 0 Å². The van der Waals surface area contributed by atoms with Gasteiger partial charge in [0.15, 0.2) is 0 Å². The van der Waals surface area contributed by atoms with Crippen LogP contribution in [0.5, 0.6) is 0 Å². The Hall–Kier alpha value is -0.910. The summed E-state index contributed by atoms with van der Waals surface area (Å²) in [6, 6.07) is 5.58. The van der Waals surface area contributed by atoms with E-state index >= 15 is 0 Å². The topological polar surface area (TPSA) is 49.4 Å². The minimum absolute atomic E-state index is 0.0993. The number of nitrogens with zero attached hydrogens (tertiary/aromatic N) is 1. The van der Waals surface area contributed by atoms with Crippen LogP contribution in [0.15, 0.2) is 23.1 Å². The van der Waals surface area contributed by atoms with E-state index < -0.39 is 10.0 Å². The quantitative estimate of drug-likeness (QED) is 0.909. The Kier molecular flexibility index (Phi) is 5.41. The molecule has 4 nitrogen and oxygen atoms in total. The molecule has 1 unspecified atom stereocenters. The van der Waals surface area contributed by atoms with E-state index in [0.29, 0.717) is 18.0 Å². The Labute approximate surface area is 128 Å². The molecule has 1 heterocycles. The van der Waals surface area contributed by atoms with Crippen molar-refractivity contribution < 1.29 is 8.42 Å². The van der Waals surface area contributed by atoms with E-state index in [1.54, 1.807) is 10.4 Å². The maximum atomic E-state index is 12.8. The SMILES string of the molecule is CCNCc1cc(S(=O)(=O)N2CCCCC2C)ccc1C. The van der Waals surface area contributed by atoms with Crippen molar-refractivity contribution in [3.05, 3.63) is 29.3 Å². The second kappa shape index (κ2) is 6.90. The lowest BCUT2D eigenvalue weighted by Crippen LogP contribution is -2.41. The predicted molar refractivity (Wildman–Crippen MR) is 85.8 cm³/mol. The minimum Gasteiger partial charge on any atom is -0.313 e. The minimum atomic E-state index is -3.37. The summed E-state index contributed by atoms with van der Waals surface area (Å²) >= 11 is 0. The number of hydrogen-bond donors (Lipinski definition) is 1. The highest BCUT2D eigenvalue weighted by Crippen LogP contribution is 2.26. The molecule has 1 aromatic carbocycles. The van der Waals surface area contributed by atoms with Crippen LogP contribution in [0.3, 0.4) is 0 Å². The Morgan fingerprint density at radius 3 is 2.76 bits per heavy atom. The fraction of sp³-hybridized carbons (Fsp3) is 0.625. The van der Waals surface area contributed by atoms with Crippen molar-refractivity contribution >= 4 is 10.0 Å².